The van der Waals surface area contributed by atoms with E-state index in [9.17, 15) is 14.7 Å². The second-order valence-electron chi connectivity index (χ2n) is 5.81. The Morgan fingerprint density at radius 2 is 1.86 bits per heavy atom. The Bertz CT molecular complexity index is 382. The maximum Gasteiger partial charge on any atom is 0.326 e. The number of carbonyl (C=O) groups excluding carboxylic acids is 1. The van der Waals surface area contributed by atoms with Crippen molar-refractivity contribution in [2.24, 2.45) is 0 Å². The molecule has 21 heavy (non-hydrogen) atoms. The van der Waals surface area contributed by atoms with E-state index in [0.717, 1.165) is 32.6 Å². The van der Waals surface area contributed by atoms with E-state index in [4.69, 9.17) is 5.11 Å². The van der Waals surface area contributed by atoms with Crippen LogP contribution in [0.3, 0.4) is 0 Å². The number of carboxylic acids is 1. The van der Waals surface area contributed by atoms with Crippen LogP contribution in [0.2, 0.25) is 0 Å². The second kappa shape index (κ2) is 7.20. The van der Waals surface area contributed by atoms with Gasteiger partial charge in [-0.25, -0.2) is 4.79 Å². The number of carbonyl (C=O) groups is 2. The van der Waals surface area contributed by atoms with Gasteiger partial charge in [0, 0.05) is 39.3 Å². The molecule has 0 aromatic rings. The summed E-state index contributed by atoms with van der Waals surface area (Å²) in [5.41, 5.74) is 0. The van der Waals surface area contributed by atoms with Gasteiger partial charge in [-0.1, -0.05) is 0 Å². The molecule has 0 bridgehead atoms. The van der Waals surface area contributed by atoms with Gasteiger partial charge in [-0.15, -0.1) is 0 Å². The van der Waals surface area contributed by atoms with Gasteiger partial charge in [-0.2, -0.15) is 0 Å². The molecule has 2 atom stereocenters. The van der Waals surface area contributed by atoms with E-state index in [0.29, 0.717) is 19.5 Å². The van der Waals surface area contributed by atoms with Crippen molar-refractivity contribution in [3.05, 3.63) is 0 Å². The third-order valence-corrected chi connectivity index (χ3v) is 4.55. The number of hydrogen-bond donors (Lipinski definition) is 2. The van der Waals surface area contributed by atoms with Gasteiger partial charge in [0.15, 0.2) is 0 Å². The highest BCUT2D eigenvalue weighted by Gasteiger charge is 2.37. The number of nitrogens with zero attached hydrogens (tertiary/aromatic N) is 3. The number of likely N-dealkylation sites (tertiary alicyclic amines) is 1. The minimum Gasteiger partial charge on any atom is -0.480 e. The predicted molar refractivity (Wildman–Crippen MR) is 76.9 cm³/mol. The first kappa shape index (κ1) is 16.2. The molecule has 2 aliphatic heterocycles. The van der Waals surface area contributed by atoms with Gasteiger partial charge >= 0.3 is 5.97 Å². The van der Waals surface area contributed by atoms with Crippen LogP contribution >= 0.6 is 0 Å². The molecule has 0 saturated carbocycles. The summed E-state index contributed by atoms with van der Waals surface area (Å²) in [7, 11) is 0. The predicted octanol–water partition coefficient (Wildman–Crippen LogP) is -0.940. The molecule has 2 unspecified atom stereocenters. The number of aliphatic hydroxyl groups is 1. The molecule has 1 amide bonds. The molecule has 2 fully saturated rings. The molecule has 0 spiro atoms. The van der Waals surface area contributed by atoms with Crippen molar-refractivity contribution >= 4 is 11.9 Å². The van der Waals surface area contributed by atoms with Gasteiger partial charge < -0.3 is 15.1 Å². The Hall–Kier alpha value is -1.18. The first-order valence-corrected chi connectivity index (χ1v) is 7.65. The average Bonchev–Trinajstić information content (AvgIpc) is 2.96. The molecule has 2 heterocycles. The van der Waals surface area contributed by atoms with Crippen molar-refractivity contribution < 1.29 is 19.8 Å². The van der Waals surface area contributed by atoms with Crippen LogP contribution < -0.4 is 0 Å². The normalized spacial score (nSPS) is 26.0. The van der Waals surface area contributed by atoms with Crippen LogP contribution in [0, 0.1) is 0 Å². The van der Waals surface area contributed by atoms with Gasteiger partial charge in [0.2, 0.25) is 5.91 Å². The first-order chi connectivity index (χ1) is 10.0. The number of amides is 1. The molecular formula is C14H25N3O4. The zero-order chi connectivity index (χ0) is 15.4. The fraction of sp³-hybridized carbons (Fsp3) is 0.857. The van der Waals surface area contributed by atoms with E-state index in [1.807, 2.05) is 6.92 Å². The van der Waals surface area contributed by atoms with Gasteiger partial charge in [-0.3, -0.25) is 14.6 Å². The highest BCUT2D eigenvalue weighted by Crippen LogP contribution is 2.20. The monoisotopic (exact) mass is 299 g/mol. The minimum atomic E-state index is -0.902. The Morgan fingerprint density at radius 3 is 2.43 bits per heavy atom. The van der Waals surface area contributed by atoms with Crippen molar-refractivity contribution in [2.45, 2.75) is 31.8 Å². The Morgan fingerprint density at radius 1 is 1.19 bits per heavy atom. The van der Waals surface area contributed by atoms with Crippen molar-refractivity contribution in [3.63, 3.8) is 0 Å². The van der Waals surface area contributed by atoms with Crippen molar-refractivity contribution in [1.29, 1.82) is 0 Å². The van der Waals surface area contributed by atoms with Crippen LogP contribution in [0.15, 0.2) is 0 Å². The lowest BCUT2D eigenvalue weighted by atomic mass is 10.1. The number of hydrogen-bond acceptors (Lipinski definition) is 5. The summed E-state index contributed by atoms with van der Waals surface area (Å²) in [6.45, 7) is 6.45. The lowest BCUT2D eigenvalue weighted by Gasteiger charge is -2.38. The quantitative estimate of drug-likeness (QED) is 0.682. The number of rotatable bonds is 5. The maximum absolute atomic E-state index is 12.5. The fourth-order valence-corrected chi connectivity index (χ4v) is 3.20. The average molecular weight is 299 g/mol. The summed E-state index contributed by atoms with van der Waals surface area (Å²) in [4.78, 5) is 29.5. The maximum atomic E-state index is 12.5. The standard InChI is InChI=1S/C14H25N3O4/c1-11(16-7-5-15(6-8-16)9-10-18)13(19)17-4-2-3-12(17)14(20)21/h11-12,18H,2-10H2,1H3,(H,20,21). The summed E-state index contributed by atoms with van der Waals surface area (Å²) in [6.07, 6.45) is 1.32. The van der Waals surface area contributed by atoms with Crippen molar-refractivity contribution in [1.82, 2.24) is 14.7 Å². The van der Waals surface area contributed by atoms with Gasteiger partial charge in [0.1, 0.15) is 6.04 Å². The van der Waals surface area contributed by atoms with Crippen molar-refractivity contribution in [2.75, 3.05) is 45.9 Å². The van der Waals surface area contributed by atoms with Crippen LogP contribution in [0.25, 0.3) is 0 Å². The molecule has 2 saturated heterocycles. The third kappa shape index (κ3) is 3.72. The highest BCUT2D eigenvalue weighted by atomic mass is 16.4. The van der Waals surface area contributed by atoms with Crippen LogP contribution in [0.1, 0.15) is 19.8 Å². The lowest BCUT2D eigenvalue weighted by molar-refractivity contribution is -0.150. The Labute approximate surface area is 125 Å². The number of piperazine rings is 1. The summed E-state index contributed by atoms with van der Waals surface area (Å²) in [5, 5.41) is 18.1. The molecule has 0 aliphatic carbocycles. The topological polar surface area (TPSA) is 84.3 Å². The summed E-state index contributed by atoms with van der Waals surface area (Å²) >= 11 is 0. The second-order valence-corrected chi connectivity index (χ2v) is 5.81. The highest BCUT2D eigenvalue weighted by molar-refractivity contribution is 5.87. The molecule has 7 nitrogen and oxygen atoms in total. The molecule has 0 radical (unpaired) electrons. The third-order valence-electron chi connectivity index (χ3n) is 4.55. The zero-order valence-corrected chi connectivity index (χ0v) is 12.6. The largest absolute Gasteiger partial charge is 0.480 e. The molecule has 0 aromatic carbocycles. The molecule has 2 aliphatic rings. The summed E-state index contributed by atoms with van der Waals surface area (Å²) < 4.78 is 0. The van der Waals surface area contributed by atoms with Crippen LogP contribution in [-0.2, 0) is 9.59 Å². The Balaban J connectivity index is 1.89. The van der Waals surface area contributed by atoms with E-state index in [2.05, 4.69) is 9.80 Å². The van der Waals surface area contributed by atoms with Crippen LogP contribution in [-0.4, -0.2) is 94.7 Å². The smallest absolute Gasteiger partial charge is 0.326 e. The molecule has 2 rings (SSSR count). The summed E-state index contributed by atoms with van der Waals surface area (Å²) in [5.74, 6) is -0.976. The number of carboxylic acid groups (broad SMARTS) is 1. The molecular weight excluding hydrogens is 274 g/mol. The van der Waals surface area contributed by atoms with E-state index >= 15 is 0 Å². The fourth-order valence-electron chi connectivity index (χ4n) is 3.20. The molecule has 120 valence electrons. The van der Waals surface area contributed by atoms with Gasteiger partial charge in [-0.05, 0) is 19.8 Å². The lowest BCUT2D eigenvalue weighted by Crippen LogP contribution is -2.56. The van der Waals surface area contributed by atoms with Crippen LogP contribution in [0.5, 0.6) is 0 Å². The number of aliphatic carboxylic acids is 1. The molecule has 7 heteroatoms. The number of aliphatic hydroxyl groups excluding tert-OH is 1. The SMILES string of the molecule is CC(C(=O)N1CCCC1C(=O)O)N1CCN(CCO)CC1. The van der Waals surface area contributed by atoms with E-state index in [1.165, 1.54) is 4.90 Å². The Kier molecular flexibility index (Phi) is 5.55. The van der Waals surface area contributed by atoms with Gasteiger partial charge in [0.05, 0.1) is 12.6 Å². The van der Waals surface area contributed by atoms with Crippen molar-refractivity contribution in [3.8, 4) is 0 Å². The molecule has 2 N–H and O–H groups in total. The van der Waals surface area contributed by atoms with Gasteiger partial charge in [0.25, 0.3) is 0 Å². The number of β-amino-alcohol motifs (C(OH)–C–C–N with tert-alkyl or cyclic N) is 1. The first-order valence-electron chi connectivity index (χ1n) is 7.65. The minimum absolute atomic E-state index is 0.0736. The zero-order valence-electron chi connectivity index (χ0n) is 12.6. The van der Waals surface area contributed by atoms with E-state index in [1.54, 1.807) is 0 Å². The molecule has 0 aromatic heterocycles. The van der Waals surface area contributed by atoms with E-state index in [-0.39, 0.29) is 18.6 Å². The summed E-state index contributed by atoms with van der Waals surface area (Å²) in [6, 6.07) is -0.933. The van der Waals surface area contributed by atoms with E-state index < -0.39 is 12.0 Å². The van der Waals surface area contributed by atoms with Crippen LogP contribution in [0.4, 0.5) is 0 Å².